The lowest BCUT2D eigenvalue weighted by molar-refractivity contribution is -0.121. The molecule has 2 fully saturated rings. The molecule has 1 amide bonds. The van der Waals surface area contributed by atoms with Gasteiger partial charge in [0.15, 0.2) is 5.96 Å². The second kappa shape index (κ2) is 11.0. The summed E-state index contributed by atoms with van der Waals surface area (Å²) in [6.07, 6.45) is 8.28. The first-order valence-electron chi connectivity index (χ1n) is 10.1. The van der Waals surface area contributed by atoms with Crippen LogP contribution in [0.5, 0.6) is 0 Å². The molecule has 2 saturated carbocycles. The molecule has 0 unspecified atom stereocenters. The van der Waals surface area contributed by atoms with E-state index >= 15 is 0 Å². The summed E-state index contributed by atoms with van der Waals surface area (Å²) >= 11 is 0. The maximum atomic E-state index is 14.1. The van der Waals surface area contributed by atoms with Crippen molar-refractivity contribution >= 4 is 35.8 Å². The van der Waals surface area contributed by atoms with Gasteiger partial charge in [0, 0.05) is 38.0 Å². The summed E-state index contributed by atoms with van der Waals surface area (Å²) in [6.45, 7) is 1.17. The third-order valence-electron chi connectivity index (χ3n) is 5.73. The molecule has 2 aliphatic rings. The van der Waals surface area contributed by atoms with Crippen LogP contribution in [0.2, 0.25) is 0 Å². The molecule has 28 heavy (non-hydrogen) atoms. The number of halogens is 2. The van der Waals surface area contributed by atoms with E-state index in [0.29, 0.717) is 31.5 Å². The summed E-state index contributed by atoms with van der Waals surface area (Å²) in [5.74, 6) is 0.608. The first kappa shape index (κ1) is 22.9. The second-order valence-corrected chi connectivity index (χ2v) is 7.77. The van der Waals surface area contributed by atoms with Crippen LogP contribution < -0.4 is 16.0 Å². The van der Waals surface area contributed by atoms with Crippen molar-refractivity contribution in [2.45, 2.75) is 62.8 Å². The molecule has 0 heterocycles. The van der Waals surface area contributed by atoms with E-state index in [-0.39, 0.29) is 41.1 Å². The lowest BCUT2D eigenvalue weighted by Crippen LogP contribution is -2.43. The molecule has 2 aliphatic carbocycles. The molecule has 0 spiro atoms. The van der Waals surface area contributed by atoms with Crippen LogP contribution in [0.4, 0.5) is 4.39 Å². The minimum Gasteiger partial charge on any atom is -0.356 e. The average molecular weight is 502 g/mol. The third kappa shape index (κ3) is 6.32. The first-order valence-corrected chi connectivity index (χ1v) is 10.1. The van der Waals surface area contributed by atoms with Crippen LogP contribution in [0, 0.1) is 5.82 Å². The highest BCUT2D eigenvalue weighted by molar-refractivity contribution is 14.0. The Hall–Kier alpha value is -1.38. The normalized spacial score (nSPS) is 18.7. The van der Waals surface area contributed by atoms with E-state index in [1.54, 1.807) is 13.1 Å². The highest BCUT2D eigenvalue weighted by atomic mass is 127. The predicted octanol–water partition coefficient (Wildman–Crippen LogP) is 3.48. The van der Waals surface area contributed by atoms with Crippen LogP contribution in [0.15, 0.2) is 29.3 Å². The van der Waals surface area contributed by atoms with Gasteiger partial charge in [-0.25, -0.2) is 4.39 Å². The number of nitrogens with one attached hydrogen (secondary N) is 3. The van der Waals surface area contributed by atoms with Gasteiger partial charge >= 0.3 is 0 Å². The van der Waals surface area contributed by atoms with Gasteiger partial charge in [-0.1, -0.05) is 37.5 Å². The summed E-state index contributed by atoms with van der Waals surface area (Å²) in [7, 11) is 1.71. The molecular weight excluding hydrogens is 470 g/mol. The van der Waals surface area contributed by atoms with Crippen molar-refractivity contribution < 1.29 is 9.18 Å². The SMILES string of the molecule is CN=C(NCCC(=O)NC1CCCCC1)NCC1(c2ccccc2F)CC1.I. The zero-order valence-corrected chi connectivity index (χ0v) is 18.9. The summed E-state index contributed by atoms with van der Waals surface area (Å²) in [6, 6.07) is 7.35. The highest BCUT2D eigenvalue weighted by Crippen LogP contribution is 2.48. The number of carbonyl (C=O) groups excluding carboxylic acids is 1. The van der Waals surface area contributed by atoms with Crippen LogP contribution in [-0.4, -0.2) is 38.0 Å². The number of hydrogen-bond acceptors (Lipinski definition) is 2. The lowest BCUT2D eigenvalue weighted by atomic mass is 9.95. The Balaban J connectivity index is 0.00000280. The number of nitrogens with zero attached hydrogens (tertiary/aromatic N) is 1. The van der Waals surface area contributed by atoms with E-state index < -0.39 is 0 Å². The first-order chi connectivity index (χ1) is 13.1. The lowest BCUT2D eigenvalue weighted by Gasteiger charge is -2.23. The Labute approximate surface area is 184 Å². The largest absolute Gasteiger partial charge is 0.356 e. The quantitative estimate of drug-likeness (QED) is 0.304. The maximum Gasteiger partial charge on any atom is 0.221 e. The molecule has 1 aromatic carbocycles. The van der Waals surface area contributed by atoms with Gasteiger partial charge in [-0.05, 0) is 37.3 Å². The number of guanidine groups is 1. The van der Waals surface area contributed by atoms with Gasteiger partial charge < -0.3 is 16.0 Å². The van der Waals surface area contributed by atoms with E-state index in [0.717, 1.165) is 31.2 Å². The molecule has 7 heteroatoms. The van der Waals surface area contributed by atoms with E-state index in [9.17, 15) is 9.18 Å². The molecule has 0 atom stereocenters. The van der Waals surface area contributed by atoms with E-state index in [1.807, 2.05) is 12.1 Å². The number of rotatable bonds is 7. The van der Waals surface area contributed by atoms with Crippen molar-refractivity contribution in [2.75, 3.05) is 20.1 Å². The molecule has 0 radical (unpaired) electrons. The molecule has 156 valence electrons. The van der Waals surface area contributed by atoms with Crippen LogP contribution in [0.3, 0.4) is 0 Å². The van der Waals surface area contributed by atoms with Crippen molar-refractivity contribution in [2.24, 2.45) is 4.99 Å². The molecule has 1 aromatic rings. The van der Waals surface area contributed by atoms with Gasteiger partial charge in [0.05, 0.1) is 0 Å². The Kier molecular flexibility index (Phi) is 8.98. The fourth-order valence-electron chi connectivity index (χ4n) is 3.90. The molecule has 3 rings (SSSR count). The van der Waals surface area contributed by atoms with Crippen molar-refractivity contribution in [1.29, 1.82) is 0 Å². The van der Waals surface area contributed by atoms with E-state index in [4.69, 9.17) is 0 Å². The predicted molar refractivity (Wildman–Crippen MR) is 122 cm³/mol. The standard InChI is InChI=1S/C21H31FN4O.HI/c1-23-20(24-14-11-19(27)26-16-7-3-2-4-8-16)25-15-21(12-13-21)17-9-5-6-10-18(17)22;/h5-6,9-10,16H,2-4,7-8,11-15H2,1H3,(H,26,27)(H2,23,24,25);1H. The van der Waals surface area contributed by atoms with E-state index in [1.165, 1.54) is 25.3 Å². The van der Waals surface area contributed by atoms with Gasteiger partial charge in [-0.2, -0.15) is 0 Å². The Bertz CT molecular complexity index is 672. The smallest absolute Gasteiger partial charge is 0.221 e. The molecule has 0 aliphatic heterocycles. The van der Waals surface area contributed by atoms with Gasteiger partial charge in [0.2, 0.25) is 5.91 Å². The zero-order valence-electron chi connectivity index (χ0n) is 16.6. The zero-order chi connectivity index (χ0) is 19.1. The molecule has 3 N–H and O–H groups in total. The van der Waals surface area contributed by atoms with Crippen LogP contribution >= 0.6 is 24.0 Å². The number of benzene rings is 1. The maximum absolute atomic E-state index is 14.1. The minimum absolute atomic E-state index is 0. The average Bonchev–Trinajstić information content (AvgIpc) is 3.46. The van der Waals surface area contributed by atoms with Crippen molar-refractivity contribution in [1.82, 2.24) is 16.0 Å². The monoisotopic (exact) mass is 502 g/mol. The number of aliphatic imine (C=N–C) groups is 1. The summed E-state index contributed by atoms with van der Waals surface area (Å²) in [5, 5.41) is 9.61. The fourth-order valence-corrected chi connectivity index (χ4v) is 3.90. The summed E-state index contributed by atoms with van der Waals surface area (Å²) in [5.41, 5.74) is 0.640. The molecule has 0 bridgehead atoms. The van der Waals surface area contributed by atoms with Crippen LogP contribution in [-0.2, 0) is 10.2 Å². The molecule has 0 aromatic heterocycles. The van der Waals surface area contributed by atoms with Gasteiger partial charge in [0.1, 0.15) is 5.82 Å². The van der Waals surface area contributed by atoms with Crippen molar-refractivity contribution in [3.05, 3.63) is 35.6 Å². The number of carbonyl (C=O) groups is 1. The van der Waals surface area contributed by atoms with Crippen molar-refractivity contribution in [3.8, 4) is 0 Å². The summed E-state index contributed by atoms with van der Waals surface area (Å²) < 4.78 is 14.1. The summed E-state index contributed by atoms with van der Waals surface area (Å²) in [4.78, 5) is 16.3. The second-order valence-electron chi connectivity index (χ2n) is 7.77. The van der Waals surface area contributed by atoms with Gasteiger partial charge in [0.25, 0.3) is 0 Å². The van der Waals surface area contributed by atoms with Gasteiger partial charge in [-0.3, -0.25) is 9.79 Å². The number of amides is 1. The Morgan fingerprint density at radius 3 is 2.54 bits per heavy atom. The van der Waals surface area contributed by atoms with E-state index in [2.05, 4.69) is 20.9 Å². The third-order valence-corrected chi connectivity index (χ3v) is 5.73. The van der Waals surface area contributed by atoms with Gasteiger partial charge in [-0.15, -0.1) is 24.0 Å². The highest BCUT2D eigenvalue weighted by Gasteiger charge is 2.45. The molecule has 0 saturated heterocycles. The molecule has 5 nitrogen and oxygen atoms in total. The number of hydrogen-bond donors (Lipinski definition) is 3. The minimum atomic E-state index is -0.140. The topological polar surface area (TPSA) is 65.5 Å². The van der Waals surface area contributed by atoms with Crippen LogP contribution in [0.25, 0.3) is 0 Å². The van der Waals surface area contributed by atoms with Crippen molar-refractivity contribution in [3.63, 3.8) is 0 Å². The Morgan fingerprint density at radius 2 is 1.89 bits per heavy atom. The fraction of sp³-hybridized carbons (Fsp3) is 0.619. The van der Waals surface area contributed by atoms with Crippen LogP contribution in [0.1, 0.15) is 56.9 Å². The molecular formula is C21H32FIN4O. The Morgan fingerprint density at radius 1 is 1.18 bits per heavy atom.